The smallest absolute Gasteiger partial charge is 0.0360 e. The van der Waals surface area contributed by atoms with Gasteiger partial charge in [-0.1, -0.05) is 91.9 Å². The molecular formula is C19H38. The number of hydrogen-bond acceptors (Lipinski definition) is 0. The maximum Gasteiger partial charge on any atom is -0.0360 e. The largest absolute Gasteiger partial charge is 0.0654 e. The van der Waals surface area contributed by atoms with E-state index in [-0.39, 0.29) is 0 Å². The second-order valence-electron chi connectivity index (χ2n) is 7.13. The highest BCUT2D eigenvalue weighted by Crippen LogP contribution is 2.42. The molecule has 1 rings (SSSR count). The monoisotopic (exact) mass is 266 g/mol. The van der Waals surface area contributed by atoms with Crippen LogP contribution in [0.1, 0.15) is 98.3 Å². The van der Waals surface area contributed by atoms with Crippen molar-refractivity contribution in [3.05, 3.63) is 0 Å². The standard InChI is InChI=1S/C19H38/c1-5-8-9-12-17(7-3)15-16(4)19(11-6-2)18-13-10-14-18/h16-19H,5-15H2,1-4H3. The quantitative estimate of drug-likeness (QED) is 0.359. The molecule has 0 amide bonds. The van der Waals surface area contributed by atoms with Gasteiger partial charge in [0.25, 0.3) is 0 Å². The maximum absolute atomic E-state index is 2.56. The summed E-state index contributed by atoms with van der Waals surface area (Å²) in [5.41, 5.74) is 0. The summed E-state index contributed by atoms with van der Waals surface area (Å²) in [7, 11) is 0. The lowest BCUT2D eigenvalue weighted by Crippen LogP contribution is -2.28. The highest BCUT2D eigenvalue weighted by Gasteiger charge is 2.31. The van der Waals surface area contributed by atoms with Gasteiger partial charge in [0, 0.05) is 0 Å². The fraction of sp³-hybridized carbons (Fsp3) is 1.00. The van der Waals surface area contributed by atoms with Gasteiger partial charge in [0.2, 0.25) is 0 Å². The second-order valence-corrected chi connectivity index (χ2v) is 7.13. The zero-order valence-electron chi connectivity index (χ0n) is 14.1. The van der Waals surface area contributed by atoms with Crippen LogP contribution in [0, 0.1) is 23.7 Å². The van der Waals surface area contributed by atoms with Crippen LogP contribution in [0.15, 0.2) is 0 Å². The molecule has 0 aromatic carbocycles. The van der Waals surface area contributed by atoms with Crippen molar-refractivity contribution in [2.45, 2.75) is 98.3 Å². The molecule has 3 unspecified atom stereocenters. The number of unbranched alkanes of at least 4 members (excludes halogenated alkanes) is 2. The molecule has 0 N–H and O–H groups in total. The van der Waals surface area contributed by atoms with Crippen LogP contribution >= 0.6 is 0 Å². The van der Waals surface area contributed by atoms with Gasteiger partial charge in [0.15, 0.2) is 0 Å². The zero-order chi connectivity index (χ0) is 14.1. The van der Waals surface area contributed by atoms with Gasteiger partial charge >= 0.3 is 0 Å². The molecule has 0 heteroatoms. The first kappa shape index (κ1) is 17.1. The highest BCUT2D eigenvalue weighted by molar-refractivity contribution is 4.81. The molecule has 0 aromatic heterocycles. The molecule has 0 spiro atoms. The van der Waals surface area contributed by atoms with E-state index < -0.39 is 0 Å². The van der Waals surface area contributed by atoms with Crippen molar-refractivity contribution in [2.75, 3.05) is 0 Å². The molecule has 1 fully saturated rings. The van der Waals surface area contributed by atoms with Crippen molar-refractivity contribution >= 4 is 0 Å². The molecule has 0 nitrogen and oxygen atoms in total. The summed E-state index contributed by atoms with van der Waals surface area (Å²) in [4.78, 5) is 0. The maximum atomic E-state index is 2.56. The van der Waals surface area contributed by atoms with Gasteiger partial charge in [-0.25, -0.2) is 0 Å². The summed E-state index contributed by atoms with van der Waals surface area (Å²) in [6.45, 7) is 9.65. The molecule has 1 aliphatic rings. The minimum absolute atomic E-state index is 0.969. The van der Waals surface area contributed by atoms with E-state index in [1.54, 1.807) is 0 Å². The van der Waals surface area contributed by atoms with Crippen molar-refractivity contribution in [2.24, 2.45) is 23.7 Å². The van der Waals surface area contributed by atoms with E-state index in [1.807, 2.05) is 0 Å². The zero-order valence-corrected chi connectivity index (χ0v) is 14.1. The summed E-state index contributed by atoms with van der Waals surface area (Å²) in [6, 6.07) is 0. The summed E-state index contributed by atoms with van der Waals surface area (Å²) in [5.74, 6) is 4.10. The normalized spacial score (nSPS) is 20.8. The van der Waals surface area contributed by atoms with Crippen LogP contribution in [0.4, 0.5) is 0 Å². The van der Waals surface area contributed by atoms with E-state index in [4.69, 9.17) is 0 Å². The molecule has 0 bridgehead atoms. The van der Waals surface area contributed by atoms with Gasteiger partial charge in [0.05, 0.1) is 0 Å². The molecule has 114 valence electrons. The average molecular weight is 267 g/mol. The summed E-state index contributed by atoms with van der Waals surface area (Å²) in [6.07, 6.45) is 16.1. The fourth-order valence-electron chi connectivity index (χ4n) is 4.06. The van der Waals surface area contributed by atoms with E-state index in [2.05, 4.69) is 27.7 Å². The fourth-order valence-corrected chi connectivity index (χ4v) is 4.06. The Morgan fingerprint density at radius 3 is 2.16 bits per heavy atom. The summed E-state index contributed by atoms with van der Waals surface area (Å²) >= 11 is 0. The first-order chi connectivity index (χ1) is 9.22. The highest BCUT2D eigenvalue weighted by atomic mass is 14.4. The Morgan fingerprint density at radius 1 is 0.947 bits per heavy atom. The third-order valence-corrected chi connectivity index (χ3v) is 5.61. The van der Waals surface area contributed by atoms with Crippen molar-refractivity contribution < 1.29 is 0 Å². The number of hydrogen-bond donors (Lipinski definition) is 0. The lowest BCUT2D eigenvalue weighted by Gasteiger charge is -2.38. The molecule has 0 saturated heterocycles. The second kappa shape index (κ2) is 9.83. The average Bonchev–Trinajstić information content (AvgIpc) is 2.35. The van der Waals surface area contributed by atoms with Crippen LogP contribution in [0.2, 0.25) is 0 Å². The Kier molecular flexibility index (Phi) is 8.83. The minimum Gasteiger partial charge on any atom is -0.0654 e. The lowest BCUT2D eigenvalue weighted by atomic mass is 9.67. The lowest BCUT2D eigenvalue weighted by molar-refractivity contribution is 0.123. The van der Waals surface area contributed by atoms with Crippen molar-refractivity contribution in [1.82, 2.24) is 0 Å². The summed E-state index contributed by atoms with van der Waals surface area (Å²) in [5, 5.41) is 0. The predicted molar refractivity (Wildman–Crippen MR) is 87.4 cm³/mol. The molecule has 3 atom stereocenters. The SMILES string of the molecule is CCCCCC(CC)CC(C)C(CCC)C1CCC1. The predicted octanol–water partition coefficient (Wildman–Crippen LogP) is 6.84. The van der Waals surface area contributed by atoms with Crippen molar-refractivity contribution in [1.29, 1.82) is 0 Å². The molecule has 1 aliphatic carbocycles. The Balaban J connectivity index is 2.36. The van der Waals surface area contributed by atoms with Crippen LogP contribution in [-0.4, -0.2) is 0 Å². The van der Waals surface area contributed by atoms with Gasteiger partial charge in [-0.2, -0.15) is 0 Å². The first-order valence-electron chi connectivity index (χ1n) is 9.22. The van der Waals surface area contributed by atoms with Crippen LogP contribution < -0.4 is 0 Å². The van der Waals surface area contributed by atoms with Crippen LogP contribution in [-0.2, 0) is 0 Å². The Morgan fingerprint density at radius 2 is 1.68 bits per heavy atom. The Labute approximate surface area is 122 Å². The van der Waals surface area contributed by atoms with Gasteiger partial charge in [-0.15, -0.1) is 0 Å². The Bertz CT molecular complexity index is 204. The third-order valence-electron chi connectivity index (χ3n) is 5.61. The molecule has 0 radical (unpaired) electrons. The van der Waals surface area contributed by atoms with Crippen LogP contribution in [0.3, 0.4) is 0 Å². The van der Waals surface area contributed by atoms with Gasteiger partial charge in [-0.3, -0.25) is 0 Å². The molecule has 19 heavy (non-hydrogen) atoms. The van der Waals surface area contributed by atoms with E-state index in [0.29, 0.717) is 0 Å². The van der Waals surface area contributed by atoms with E-state index >= 15 is 0 Å². The molecule has 0 heterocycles. The minimum atomic E-state index is 0.969. The number of rotatable bonds is 11. The summed E-state index contributed by atoms with van der Waals surface area (Å²) < 4.78 is 0. The van der Waals surface area contributed by atoms with E-state index in [1.165, 1.54) is 70.6 Å². The topological polar surface area (TPSA) is 0 Å². The van der Waals surface area contributed by atoms with Crippen LogP contribution in [0.25, 0.3) is 0 Å². The van der Waals surface area contributed by atoms with Gasteiger partial charge in [0.1, 0.15) is 0 Å². The molecular weight excluding hydrogens is 228 g/mol. The first-order valence-corrected chi connectivity index (χ1v) is 9.22. The van der Waals surface area contributed by atoms with Gasteiger partial charge < -0.3 is 0 Å². The van der Waals surface area contributed by atoms with Gasteiger partial charge in [-0.05, 0) is 30.1 Å². The third kappa shape index (κ3) is 5.88. The molecule has 0 aromatic rings. The molecule has 1 saturated carbocycles. The molecule has 0 aliphatic heterocycles. The van der Waals surface area contributed by atoms with E-state index in [9.17, 15) is 0 Å². The van der Waals surface area contributed by atoms with E-state index in [0.717, 1.165) is 23.7 Å². The van der Waals surface area contributed by atoms with Crippen molar-refractivity contribution in [3.8, 4) is 0 Å². The Hall–Kier alpha value is 0. The van der Waals surface area contributed by atoms with Crippen LogP contribution in [0.5, 0.6) is 0 Å². The van der Waals surface area contributed by atoms with Crippen molar-refractivity contribution in [3.63, 3.8) is 0 Å².